The molecule has 0 aromatic heterocycles. The molecule has 9 heteroatoms. The molecule has 0 radical (unpaired) electrons. The lowest BCUT2D eigenvalue weighted by atomic mass is 10.0. The summed E-state index contributed by atoms with van der Waals surface area (Å²) in [7, 11) is 0. The molecule has 0 saturated heterocycles. The second-order valence-electron chi connectivity index (χ2n) is 7.61. The summed E-state index contributed by atoms with van der Waals surface area (Å²) >= 11 is 1.09. The third kappa shape index (κ3) is 3.73. The van der Waals surface area contributed by atoms with Crippen LogP contribution in [0, 0.1) is 6.92 Å². The minimum atomic E-state index is -1.37. The van der Waals surface area contributed by atoms with Crippen molar-refractivity contribution in [2.75, 3.05) is 18.1 Å². The molecule has 8 nitrogen and oxygen atoms in total. The topological polar surface area (TPSA) is 91.3 Å². The van der Waals surface area contributed by atoms with Gasteiger partial charge in [0.1, 0.15) is 5.75 Å². The van der Waals surface area contributed by atoms with Crippen molar-refractivity contribution in [1.82, 2.24) is 10.3 Å². The minimum Gasteiger partial charge on any atom is -0.494 e. The molecule has 4 rings (SSSR count). The van der Waals surface area contributed by atoms with E-state index in [1.165, 1.54) is 18.9 Å². The van der Waals surface area contributed by atoms with E-state index in [1.807, 2.05) is 55.5 Å². The van der Waals surface area contributed by atoms with E-state index >= 15 is 0 Å². The fourth-order valence-corrected chi connectivity index (χ4v) is 5.32. The molecule has 1 N–H and O–H groups in total. The number of hydrazone groups is 1. The van der Waals surface area contributed by atoms with Crippen LogP contribution in [0.5, 0.6) is 5.75 Å². The van der Waals surface area contributed by atoms with Crippen LogP contribution < -0.4 is 15.0 Å². The first-order valence-electron chi connectivity index (χ1n) is 10.3. The van der Waals surface area contributed by atoms with Gasteiger partial charge in [0.25, 0.3) is 5.91 Å². The monoisotopic (exact) mass is 452 g/mol. The van der Waals surface area contributed by atoms with Crippen molar-refractivity contribution in [2.45, 2.75) is 32.1 Å². The maximum Gasteiger partial charge on any atom is 0.270 e. The SMILES string of the molecule is CC(=O)NC1=NN(C(C)=O)C2(S1)C(=O)N(CCCOc1ccccc1)c1c(C)cccc12. The molecule has 0 fully saturated rings. The molecule has 32 heavy (non-hydrogen) atoms. The van der Waals surface area contributed by atoms with Gasteiger partial charge in [-0.25, -0.2) is 0 Å². The summed E-state index contributed by atoms with van der Waals surface area (Å²) in [6.07, 6.45) is 0.606. The van der Waals surface area contributed by atoms with Crippen LogP contribution in [0.3, 0.4) is 0 Å². The lowest BCUT2D eigenvalue weighted by Gasteiger charge is -2.29. The Labute approximate surface area is 190 Å². The fraction of sp³-hybridized carbons (Fsp3) is 0.304. The summed E-state index contributed by atoms with van der Waals surface area (Å²) in [5.74, 6) is -0.184. The summed E-state index contributed by atoms with van der Waals surface area (Å²) in [6.45, 7) is 5.53. The Hall–Kier alpha value is -3.33. The highest BCUT2D eigenvalue weighted by Crippen LogP contribution is 2.55. The predicted molar refractivity (Wildman–Crippen MR) is 123 cm³/mol. The standard InChI is InChI=1S/C23H24N4O4S/c1-15-9-7-12-19-20(15)26(13-8-14-31-18-10-5-4-6-11-18)21(30)23(19)27(17(3)29)25-22(32-23)24-16(2)28/h4-7,9-12H,8,13-14H2,1-3H3,(H,24,25,28). The second-order valence-corrected chi connectivity index (χ2v) is 8.79. The molecular weight excluding hydrogens is 428 g/mol. The first kappa shape index (κ1) is 21.9. The Morgan fingerprint density at radius 1 is 1.12 bits per heavy atom. The third-order valence-corrected chi connectivity index (χ3v) is 6.50. The molecule has 166 valence electrons. The van der Waals surface area contributed by atoms with Gasteiger partial charge < -0.3 is 15.0 Å². The van der Waals surface area contributed by atoms with Crippen molar-refractivity contribution >= 4 is 40.3 Å². The number of hydrogen-bond donors (Lipinski definition) is 1. The lowest BCUT2D eigenvalue weighted by Crippen LogP contribution is -2.48. The summed E-state index contributed by atoms with van der Waals surface area (Å²) in [5, 5.41) is 8.30. The van der Waals surface area contributed by atoms with Crippen molar-refractivity contribution in [3.05, 3.63) is 59.7 Å². The zero-order valence-corrected chi connectivity index (χ0v) is 18.9. The van der Waals surface area contributed by atoms with Gasteiger partial charge in [-0.15, -0.1) is 5.10 Å². The number of nitrogens with zero attached hydrogens (tertiary/aromatic N) is 3. The Bertz CT molecular complexity index is 1100. The lowest BCUT2D eigenvalue weighted by molar-refractivity contribution is -0.139. The number of carbonyl (C=O) groups is 3. The van der Waals surface area contributed by atoms with E-state index in [1.54, 1.807) is 4.90 Å². The third-order valence-electron chi connectivity index (χ3n) is 5.26. The molecule has 1 atom stereocenters. The number of hydrogen-bond acceptors (Lipinski definition) is 6. The number of benzene rings is 2. The maximum absolute atomic E-state index is 13.8. The van der Waals surface area contributed by atoms with Crippen molar-refractivity contribution in [2.24, 2.45) is 5.10 Å². The normalized spacial score (nSPS) is 19.2. The van der Waals surface area contributed by atoms with Gasteiger partial charge in [-0.2, -0.15) is 5.01 Å². The van der Waals surface area contributed by atoms with Crippen LogP contribution in [-0.2, 0) is 19.3 Å². The average molecular weight is 453 g/mol. The number of fused-ring (bicyclic) bond motifs is 2. The highest BCUT2D eigenvalue weighted by atomic mass is 32.2. The van der Waals surface area contributed by atoms with Crippen molar-refractivity contribution in [1.29, 1.82) is 0 Å². The number of thioether (sulfide) groups is 1. The summed E-state index contributed by atoms with van der Waals surface area (Å²) < 4.78 is 5.78. The second kappa shape index (κ2) is 8.66. The number of amides is 3. The molecule has 1 spiro atoms. The Morgan fingerprint density at radius 2 is 1.88 bits per heavy atom. The van der Waals surface area contributed by atoms with E-state index in [0.717, 1.165) is 28.8 Å². The minimum absolute atomic E-state index is 0.225. The van der Waals surface area contributed by atoms with Crippen molar-refractivity contribution in [3.63, 3.8) is 0 Å². The number of ether oxygens (including phenoxy) is 1. The van der Waals surface area contributed by atoms with Gasteiger partial charge in [0.2, 0.25) is 16.7 Å². The number of aryl methyl sites for hydroxylation is 1. The van der Waals surface area contributed by atoms with Gasteiger partial charge in [-0.05, 0) is 42.8 Å². The van der Waals surface area contributed by atoms with Crippen LogP contribution in [0.4, 0.5) is 5.69 Å². The van der Waals surface area contributed by atoms with E-state index in [9.17, 15) is 14.4 Å². The number of amidine groups is 1. The largest absolute Gasteiger partial charge is 0.494 e. The van der Waals surface area contributed by atoms with Crippen LogP contribution >= 0.6 is 11.8 Å². The van der Waals surface area contributed by atoms with E-state index < -0.39 is 4.87 Å². The van der Waals surface area contributed by atoms with Gasteiger partial charge in [0.15, 0.2) is 5.17 Å². The van der Waals surface area contributed by atoms with Crippen LogP contribution in [0.2, 0.25) is 0 Å². The average Bonchev–Trinajstić information content (AvgIpc) is 3.24. The van der Waals surface area contributed by atoms with Gasteiger partial charge >= 0.3 is 0 Å². The molecule has 2 aromatic rings. The Morgan fingerprint density at radius 3 is 2.56 bits per heavy atom. The summed E-state index contributed by atoms with van der Waals surface area (Å²) in [5.41, 5.74) is 2.39. The van der Waals surface area contributed by atoms with Crippen LogP contribution in [-0.4, -0.2) is 41.0 Å². The van der Waals surface area contributed by atoms with Gasteiger partial charge in [-0.1, -0.05) is 36.4 Å². The molecule has 3 amide bonds. The first-order valence-corrected chi connectivity index (χ1v) is 11.1. The highest BCUT2D eigenvalue weighted by Gasteiger charge is 2.61. The molecule has 2 aliphatic heterocycles. The molecule has 0 aliphatic carbocycles. The number of para-hydroxylation sites is 2. The highest BCUT2D eigenvalue weighted by molar-refractivity contribution is 8.15. The van der Waals surface area contributed by atoms with Crippen LogP contribution in [0.25, 0.3) is 0 Å². The molecule has 0 saturated carbocycles. The molecular formula is C23H24N4O4S. The maximum atomic E-state index is 13.8. The smallest absolute Gasteiger partial charge is 0.270 e. The number of nitrogens with one attached hydrogen (secondary N) is 1. The van der Waals surface area contributed by atoms with Crippen LogP contribution in [0.1, 0.15) is 31.4 Å². The predicted octanol–water partition coefficient (Wildman–Crippen LogP) is 2.97. The van der Waals surface area contributed by atoms with Gasteiger partial charge in [0, 0.05) is 26.0 Å². The first-order chi connectivity index (χ1) is 15.3. The molecule has 1 unspecified atom stereocenters. The van der Waals surface area contributed by atoms with E-state index in [0.29, 0.717) is 25.1 Å². The Kier molecular flexibility index (Phi) is 5.92. The van der Waals surface area contributed by atoms with Crippen molar-refractivity contribution < 1.29 is 19.1 Å². The quantitative estimate of drug-likeness (QED) is 0.705. The number of carbonyl (C=O) groups excluding carboxylic acids is 3. The van der Waals surface area contributed by atoms with Gasteiger partial charge in [-0.3, -0.25) is 14.4 Å². The van der Waals surface area contributed by atoms with E-state index in [2.05, 4.69) is 10.4 Å². The molecule has 0 bridgehead atoms. The fourth-order valence-electron chi connectivity index (χ4n) is 3.99. The van der Waals surface area contributed by atoms with E-state index in [4.69, 9.17) is 4.74 Å². The summed E-state index contributed by atoms with van der Waals surface area (Å²) in [4.78, 5) is 38.3. The zero-order valence-electron chi connectivity index (χ0n) is 18.1. The van der Waals surface area contributed by atoms with E-state index in [-0.39, 0.29) is 22.9 Å². The molecule has 2 heterocycles. The van der Waals surface area contributed by atoms with Gasteiger partial charge in [0.05, 0.1) is 12.3 Å². The molecule has 2 aliphatic rings. The molecule has 2 aromatic carbocycles. The Balaban J connectivity index is 1.62. The van der Waals surface area contributed by atoms with Crippen LogP contribution in [0.15, 0.2) is 53.6 Å². The van der Waals surface area contributed by atoms with Crippen molar-refractivity contribution in [3.8, 4) is 5.75 Å². The number of anilines is 1. The zero-order chi connectivity index (χ0) is 22.9. The summed E-state index contributed by atoms with van der Waals surface area (Å²) in [6, 6.07) is 15.1. The number of rotatable bonds is 5.